The largest absolute Gasteiger partial charge is 0.449 e. The first kappa shape index (κ1) is 13.4. The number of hydrogen-bond acceptors (Lipinski definition) is 4. The van der Waals surface area contributed by atoms with Gasteiger partial charge in [0, 0.05) is 33.4 Å². The fourth-order valence-corrected chi connectivity index (χ4v) is 1.81. The van der Waals surface area contributed by atoms with Crippen LogP contribution >= 0.6 is 0 Å². The predicted molar refractivity (Wildman–Crippen MR) is 69.4 cm³/mol. The minimum absolute atomic E-state index is 0.0539. The summed E-state index contributed by atoms with van der Waals surface area (Å²) in [6.45, 7) is 5.09. The van der Waals surface area contributed by atoms with E-state index in [4.69, 9.17) is 9.47 Å². The van der Waals surface area contributed by atoms with Crippen molar-refractivity contribution < 1.29 is 19.1 Å². The minimum Gasteiger partial charge on any atom is -0.449 e. The van der Waals surface area contributed by atoms with Crippen molar-refractivity contribution in [1.29, 1.82) is 0 Å². The van der Waals surface area contributed by atoms with Crippen molar-refractivity contribution in [1.82, 2.24) is 4.90 Å². The Labute approximate surface area is 112 Å². The predicted octanol–water partition coefficient (Wildman–Crippen LogP) is 1.85. The van der Waals surface area contributed by atoms with Gasteiger partial charge in [-0.15, -0.1) is 0 Å². The summed E-state index contributed by atoms with van der Waals surface area (Å²) in [5.74, 6) is 0.201. The molecule has 0 bridgehead atoms. The highest BCUT2D eigenvalue weighted by Crippen LogP contribution is 2.39. The van der Waals surface area contributed by atoms with E-state index in [0.717, 1.165) is 0 Å². The Morgan fingerprint density at radius 2 is 1.84 bits per heavy atom. The van der Waals surface area contributed by atoms with Crippen molar-refractivity contribution in [2.75, 3.05) is 13.6 Å². The molecule has 5 heteroatoms. The summed E-state index contributed by atoms with van der Waals surface area (Å²) in [7, 11) is 1.59. The average Bonchev–Trinajstić information content (AvgIpc) is 2.61. The van der Waals surface area contributed by atoms with E-state index in [0.29, 0.717) is 17.1 Å². The zero-order chi connectivity index (χ0) is 14.2. The topological polar surface area (TPSA) is 55.8 Å². The SMILES string of the molecule is CC(=O)N(C)CC(=O)c1ccc2c(c1)OC(C)(C)O2. The molecular weight excluding hydrogens is 246 g/mol. The maximum atomic E-state index is 12.0. The number of Topliss-reactive ketones (excluding diaryl/α,β-unsaturated/α-hetero) is 1. The number of carbonyl (C=O) groups excluding carboxylic acids is 2. The van der Waals surface area contributed by atoms with Gasteiger partial charge in [0.25, 0.3) is 0 Å². The third-order valence-corrected chi connectivity index (χ3v) is 2.90. The second-order valence-corrected chi connectivity index (χ2v) is 5.06. The van der Waals surface area contributed by atoms with Gasteiger partial charge in [0.05, 0.1) is 6.54 Å². The minimum atomic E-state index is -0.708. The normalized spacial score (nSPS) is 15.2. The summed E-state index contributed by atoms with van der Waals surface area (Å²) < 4.78 is 11.1. The smallest absolute Gasteiger partial charge is 0.246 e. The lowest BCUT2D eigenvalue weighted by Crippen LogP contribution is -2.30. The summed E-state index contributed by atoms with van der Waals surface area (Å²) in [5.41, 5.74) is 0.508. The van der Waals surface area contributed by atoms with E-state index in [1.807, 2.05) is 0 Å². The fourth-order valence-electron chi connectivity index (χ4n) is 1.81. The van der Waals surface area contributed by atoms with E-state index < -0.39 is 5.79 Å². The Hall–Kier alpha value is -2.04. The van der Waals surface area contributed by atoms with Gasteiger partial charge in [-0.3, -0.25) is 9.59 Å². The number of rotatable bonds is 3. The quantitative estimate of drug-likeness (QED) is 0.781. The number of nitrogens with zero attached hydrogens (tertiary/aromatic N) is 1. The van der Waals surface area contributed by atoms with Gasteiger partial charge in [-0.25, -0.2) is 0 Å². The van der Waals surface area contributed by atoms with Crippen LogP contribution in [0.3, 0.4) is 0 Å². The number of carbonyl (C=O) groups is 2. The first-order valence-electron chi connectivity index (χ1n) is 6.05. The van der Waals surface area contributed by atoms with Gasteiger partial charge >= 0.3 is 0 Å². The molecule has 102 valence electrons. The van der Waals surface area contributed by atoms with E-state index in [-0.39, 0.29) is 18.2 Å². The number of ether oxygens (including phenoxy) is 2. The van der Waals surface area contributed by atoms with Crippen molar-refractivity contribution in [3.8, 4) is 11.5 Å². The molecule has 19 heavy (non-hydrogen) atoms. The highest BCUT2D eigenvalue weighted by Gasteiger charge is 2.32. The van der Waals surface area contributed by atoms with Crippen molar-refractivity contribution in [2.24, 2.45) is 0 Å². The second-order valence-electron chi connectivity index (χ2n) is 5.06. The van der Waals surface area contributed by atoms with Crippen LogP contribution in [0.5, 0.6) is 11.5 Å². The van der Waals surface area contributed by atoms with Crippen molar-refractivity contribution in [3.63, 3.8) is 0 Å². The molecule has 1 heterocycles. The molecule has 1 aliphatic rings. The van der Waals surface area contributed by atoms with Crippen molar-refractivity contribution in [3.05, 3.63) is 23.8 Å². The first-order chi connectivity index (χ1) is 8.78. The lowest BCUT2D eigenvalue weighted by atomic mass is 10.1. The summed E-state index contributed by atoms with van der Waals surface area (Å²) in [5, 5.41) is 0. The third-order valence-electron chi connectivity index (χ3n) is 2.90. The molecule has 5 nitrogen and oxygen atoms in total. The van der Waals surface area contributed by atoms with Crippen LogP contribution in [0.15, 0.2) is 18.2 Å². The molecule has 0 spiro atoms. The molecule has 0 fully saturated rings. The third kappa shape index (κ3) is 2.86. The van der Waals surface area contributed by atoms with Crippen LogP contribution in [0.1, 0.15) is 31.1 Å². The Balaban J connectivity index is 2.16. The fraction of sp³-hybridized carbons (Fsp3) is 0.429. The van der Waals surface area contributed by atoms with Crippen LogP contribution in [0.2, 0.25) is 0 Å². The molecule has 1 aliphatic heterocycles. The van der Waals surface area contributed by atoms with Crippen LogP contribution < -0.4 is 9.47 Å². The molecule has 0 aliphatic carbocycles. The molecule has 2 rings (SSSR count). The standard InChI is InChI=1S/C14H17NO4/c1-9(16)15(4)8-11(17)10-5-6-12-13(7-10)19-14(2,3)18-12/h5-7H,8H2,1-4H3. The Bertz CT molecular complexity index is 536. The van der Waals surface area contributed by atoms with Crippen molar-refractivity contribution >= 4 is 11.7 Å². The molecule has 1 aromatic carbocycles. The summed E-state index contributed by atoms with van der Waals surface area (Å²) >= 11 is 0. The highest BCUT2D eigenvalue weighted by atomic mass is 16.7. The molecule has 0 aromatic heterocycles. The monoisotopic (exact) mass is 263 g/mol. The molecule has 0 saturated heterocycles. The Kier molecular flexibility index (Phi) is 3.22. The molecule has 1 aromatic rings. The van der Waals surface area contributed by atoms with E-state index in [9.17, 15) is 9.59 Å². The molecule has 0 unspecified atom stereocenters. The number of hydrogen-bond donors (Lipinski definition) is 0. The molecule has 0 radical (unpaired) electrons. The van der Waals surface area contributed by atoms with Crippen LogP contribution in [0.25, 0.3) is 0 Å². The Morgan fingerprint density at radius 1 is 1.21 bits per heavy atom. The van der Waals surface area contributed by atoms with Gasteiger partial charge in [0.15, 0.2) is 17.3 Å². The number of fused-ring (bicyclic) bond motifs is 1. The van der Waals surface area contributed by atoms with Gasteiger partial charge < -0.3 is 14.4 Å². The van der Waals surface area contributed by atoms with E-state index >= 15 is 0 Å². The zero-order valence-corrected chi connectivity index (χ0v) is 11.5. The molecule has 0 atom stereocenters. The number of benzene rings is 1. The van der Waals surface area contributed by atoms with Crippen LogP contribution in [0.4, 0.5) is 0 Å². The average molecular weight is 263 g/mol. The molecule has 1 amide bonds. The van der Waals surface area contributed by atoms with Crippen LogP contribution in [-0.4, -0.2) is 36.0 Å². The van der Waals surface area contributed by atoms with Crippen molar-refractivity contribution in [2.45, 2.75) is 26.6 Å². The van der Waals surface area contributed by atoms with Crippen LogP contribution in [0, 0.1) is 0 Å². The molecular formula is C14H17NO4. The summed E-state index contributed by atoms with van der Waals surface area (Å²) in [6.07, 6.45) is 0. The zero-order valence-electron chi connectivity index (χ0n) is 11.5. The van der Waals surface area contributed by atoms with E-state index in [1.54, 1.807) is 39.1 Å². The van der Waals surface area contributed by atoms with Gasteiger partial charge in [-0.1, -0.05) is 0 Å². The first-order valence-corrected chi connectivity index (χ1v) is 6.05. The van der Waals surface area contributed by atoms with E-state index in [2.05, 4.69) is 0 Å². The Morgan fingerprint density at radius 3 is 2.47 bits per heavy atom. The molecule has 0 N–H and O–H groups in total. The summed E-state index contributed by atoms with van der Waals surface area (Å²) in [4.78, 5) is 24.5. The molecule has 0 saturated carbocycles. The number of amides is 1. The lowest BCUT2D eigenvalue weighted by Gasteiger charge is -2.16. The number of ketones is 1. The highest BCUT2D eigenvalue weighted by molar-refractivity contribution is 5.99. The second kappa shape index (κ2) is 4.57. The summed E-state index contributed by atoms with van der Waals surface area (Å²) in [6, 6.07) is 5.05. The van der Waals surface area contributed by atoms with Gasteiger partial charge in [0.1, 0.15) is 0 Å². The number of likely N-dealkylation sites (N-methyl/N-ethyl adjacent to an activating group) is 1. The van der Waals surface area contributed by atoms with Gasteiger partial charge in [-0.2, -0.15) is 0 Å². The van der Waals surface area contributed by atoms with Gasteiger partial charge in [-0.05, 0) is 18.2 Å². The maximum absolute atomic E-state index is 12.0. The van der Waals surface area contributed by atoms with Crippen LogP contribution in [-0.2, 0) is 4.79 Å². The maximum Gasteiger partial charge on any atom is 0.246 e. The van der Waals surface area contributed by atoms with Gasteiger partial charge in [0.2, 0.25) is 11.7 Å². The lowest BCUT2D eigenvalue weighted by molar-refractivity contribution is -0.127. The van der Waals surface area contributed by atoms with E-state index in [1.165, 1.54) is 11.8 Å².